The predicted octanol–water partition coefficient (Wildman–Crippen LogP) is 4.56. The van der Waals surface area contributed by atoms with E-state index in [4.69, 9.17) is 0 Å². The molecule has 68 valence electrons. The molecule has 0 aromatic heterocycles. The lowest BCUT2D eigenvalue weighted by atomic mass is 9.84. The third kappa shape index (κ3) is 8.87. The lowest BCUT2D eigenvalue weighted by Crippen LogP contribution is -2.12. The van der Waals surface area contributed by atoms with Crippen LogP contribution in [0.5, 0.6) is 0 Å². The minimum atomic E-state index is 0.467. The molecule has 0 nitrogen and oxygen atoms in total. The van der Waals surface area contributed by atoms with E-state index in [-0.39, 0.29) is 0 Å². The van der Waals surface area contributed by atoms with E-state index in [2.05, 4.69) is 59.6 Å². The summed E-state index contributed by atoms with van der Waals surface area (Å²) in [7, 11) is 0. The first-order valence-corrected chi connectivity index (χ1v) is 5.92. The van der Waals surface area contributed by atoms with Crippen molar-refractivity contribution in [2.24, 2.45) is 11.3 Å². The second-order valence-electron chi connectivity index (χ2n) is 4.50. The molecule has 0 rings (SSSR count). The first kappa shape index (κ1) is 12.0. The Morgan fingerprint density at radius 3 is 1.91 bits per heavy atom. The molecular weight excluding hydrogens is 268 g/mol. The minimum absolute atomic E-state index is 0.467. The van der Waals surface area contributed by atoms with Crippen molar-refractivity contribution in [3.05, 3.63) is 0 Å². The highest BCUT2D eigenvalue weighted by Crippen LogP contribution is 2.29. The summed E-state index contributed by atoms with van der Waals surface area (Å²) in [6.45, 7) is 9.18. The summed E-state index contributed by atoms with van der Waals surface area (Å²) < 4.78 is 0.479. The van der Waals surface area contributed by atoms with Gasteiger partial charge in [-0.25, -0.2) is 0 Å². The fraction of sp³-hybridized carbons (Fsp3) is 1.00. The van der Waals surface area contributed by atoms with Crippen molar-refractivity contribution in [2.75, 3.05) is 0 Å². The molecule has 0 spiro atoms. The normalized spacial score (nSPS) is 15.5. The van der Waals surface area contributed by atoms with Crippen molar-refractivity contribution in [3.63, 3.8) is 0 Å². The zero-order valence-corrected chi connectivity index (χ0v) is 11.0. The highest BCUT2D eigenvalue weighted by Gasteiger charge is 2.16. The molecule has 0 aliphatic carbocycles. The van der Waals surface area contributed by atoms with Crippen LogP contribution in [0.2, 0.25) is 0 Å². The second-order valence-corrected chi connectivity index (χ2v) is 7.94. The van der Waals surface area contributed by atoms with Crippen LogP contribution < -0.4 is 0 Å². The molecule has 11 heavy (non-hydrogen) atoms. The summed E-state index contributed by atoms with van der Waals surface area (Å²) in [6, 6.07) is 0. The molecule has 0 radical (unpaired) electrons. The average Bonchev–Trinajstić information content (AvgIpc) is 1.53. The quantitative estimate of drug-likeness (QED) is 0.667. The molecule has 0 saturated heterocycles. The standard InChI is InChI=1S/C9H18Br2/c1-7(5-8(10)11)6-9(2,3)4/h7-8H,5-6H2,1-4H3. The molecule has 0 aromatic rings. The molecule has 0 amide bonds. The summed E-state index contributed by atoms with van der Waals surface area (Å²) in [4.78, 5) is 0. The van der Waals surface area contributed by atoms with Gasteiger partial charge >= 0.3 is 0 Å². The van der Waals surface area contributed by atoms with Gasteiger partial charge in [0.25, 0.3) is 0 Å². The lowest BCUT2D eigenvalue weighted by Gasteiger charge is -2.23. The van der Waals surface area contributed by atoms with Gasteiger partial charge in [-0.1, -0.05) is 59.6 Å². The van der Waals surface area contributed by atoms with Crippen LogP contribution in [0.1, 0.15) is 40.5 Å². The zero-order chi connectivity index (χ0) is 9.07. The molecule has 1 atom stereocenters. The van der Waals surface area contributed by atoms with Gasteiger partial charge in [0.05, 0.1) is 3.74 Å². The van der Waals surface area contributed by atoms with Crippen LogP contribution in [0.15, 0.2) is 0 Å². The van der Waals surface area contributed by atoms with Crippen molar-refractivity contribution < 1.29 is 0 Å². The van der Waals surface area contributed by atoms with E-state index in [1.54, 1.807) is 0 Å². The minimum Gasteiger partial charge on any atom is -0.0765 e. The monoisotopic (exact) mass is 284 g/mol. The summed E-state index contributed by atoms with van der Waals surface area (Å²) in [5.74, 6) is 0.791. The van der Waals surface area contributed by atoms with Crippen molar-refractivity contribution in [1.82, 2.24) is 0 Å². The van der Waals surface area contributed by atoms with Gasteiger partial charge in [0.1, 0.15) is 0 Å². The lowest BCUT2D eigenvalue weighted by molar-refractivity contribution is 0.302. The van der Waals surface area contributed by atoms with Gasteiger partial charge < -0.3 is 0 Å². The van der Waals surface area contributed by atoms with Gasteiger partial charge in [-0.3, -0.25) is 0 Å². The van der Waals surface area contributed by atoms with Crippen LogP contribution in [-0.2, 0) is 0 Å². The van der Waals surface area contributed by atoms with Gasteiger partial charge in [0, 0.05) is 0 Å². The molecule has 0 heterocycles. The average molecular weight is 286 g/mol. The molecule has 0 aliphatic rings. The van der Waals surface area contributed by atoms with E-state index in [0.29, 0.717) is 9.15 Å². The Kier molecular flexibility index (Phi) is 5.28. The molecule has 0 fully saturated rings. The fourth-order valence-electron chi connectivity index (χ4n) is 1.43. The second kappa shape index (κ2) is 4.86. The molecular formula is C9H18Br2. The Morgan fingerprint density at radius 2 is 1.64 bits per heavy atom. The van der Waals surface area contributed by atoms with Crippen LogP contribution in [0, 0.1) is 11.3 Å². The van der Waals surface area contributed by atoms with E-state index < -0.39 is 0 Å². The third-order valence-electron chi connectivity index (χ3n) is 1.54. The van der Waals surface area contributed by atoms with Crippen molar-refractivity contribution in [2.45, 2.75) is 44.3 Å². The van der Waals surface area contributed by atoms with Crippen LogP contribution in [-0.4, -0.2) is 3.74 Å². The number of hydrogen-bond acceptors (Lipinski definition) is 0. The van der Waals surface area contributed by atoms with E-state index in [0.717, 1.165) is 5.92 Å². The van der Waals surface area contributed by atoms with Gasteiger partial charge in [-0.05, 0) is 24.2 Å². The molecule has 0 aromatic carbocycles. The van der Waals surface area contributed by atoms with Crippen LogP contribution in [0.3, 0.4) is 0 Å². The number of hydrogen-bond donors (Lipinski definition) is 0. The Morgan fingerprint density at radius 1 is 1.18 bits per heavy atom. The molecule has 0 aliphatic heterocycles. The van der Waals surface area contributed by atoms with E-state index in [1.807, 2.05) is 0 Å². The zero-order valence-electron chi connectivity index (χ0n) is 7.82. The molecule has 0 N–H and O–H groups in total. The molecule has 0 saturated carbocycles. The SMILES string of the molecule is CC(CC(Br)Br)CC(C)(C)C. The molecule has 0 bridgehead atoms. The summed E-state index contributed by atoms with van der Waals surface area (Å²) in [6.07, 6.45) is 2.50. The maximum atomic E-state index is 3.50. The Hall–Kier alpha value is 0.960. The van der Waals surface area contributed by atoms with E-state index >= 15 is 0 Å². The Balaban J connectivity index is 3.61. The van der Waals surface area contributed by atoms with Gasteiger partial charge in [0.2, 0.25) is 0 Å². The number of rotatable bonds is 3. The van der Waals surface area contributed by atoms with Crippen LogP contribution in [0.4, 0.5) is 0 Å². The van der Waals surface area contributed by atoms with Crippen molar-refractivity contribution >= 4 is 31.9 Å². The summed E-state index contributed by atoms with van der Waals surface area (Å²) >= 11 is 7.00. The highest BCUT2D eigenvalue weighted by atomic mass is 79.9. The smallest absolute Gasteiger partial charge is 0.0700 e. The van der Waals surface area contributed by atoms with Gasteiger partial charge in [-0.15, -0.1) is 0 Å². The number of alkyl halides is 2. The number of halogens is 2. The first-order chi connectivity index (χ1) is 4.81. The Bertz CT molecular complexity index is 103. The predicted molar refractivity (Wildman–Crippen MR) is 59.5 cm³/mol. The highest BCUT2D eigenvalue weighted by molar-refractivity contribution is 9.24. The first-order valence-electron chi connectivity index (χ1n) is 4.09. The van der Waals surface area contributed by atoms with Crippen molar-refractivity contribution in [3.8, 4) is 0 Å². The topological polar surface area (TPSA) is 0 Å². The fourth-order valence-corrected chi connectivity index (χ4v) is 2.71. The van der Waals surface area contributed by atoms with Crippen molar-refractivity contribution in [1.29, 1.82) is 0 Å². The van der Waals surface area contributed by atoms with E-state index in [9.17, 15) is 0 Å². The summed E-state index contributed by atoms with van der Waals surface area (Å²) in [5.41, 5.74) is 0.467. The Labute approximate surface area is 87.4 Å². The maximum absolute atomic E-state index is 3.50. The van der Waals surface area contributed by atoms with Gasteiger partial charge in [0.15, 0.2) is 0 Å². The third-order valence-corrected chi connectivity index (χ3v) is 2.29. The van der Waals surface area contributed by atoms with Gasteiger partial charge in [-0.2, -0.15) is 0 Å². The van der Waals surface area contributed by atoms with E-state index in [1.165, 1.54) is 12.8 Å². The van der Waals surface area contributed by atoms with Crippen LogP contribution in [0.25, 0.3) is 0 Å². The largest absolute Gasteiger partial charge is 0.0765 e. The summed E-state index contributed by atoms with van der Waals surface area (Å²) in [5, 5.41) is 0. The molecule has 2 heteroatoms. The maximum Gasteiger partial charge on any atom is 0.0700 e. The van der Waals surface area contributed by atoms with Crippen LogP contribution >= 0.6 is 31.9 Å². The molecule has 1 unspecified atom stereocenters.